The standard InChI is InChI=1S/C23H26FN7O/c1-27-23(29-15-16-5-3-6-19(13-16)32-2)28-12-4-7-21-20(14-25)22(26)31(30-21)18-10-8-17(24)9-11-18/h3,5-6,8-11,13H,4,7,12,15,26H2,1-2H3,(H2,27,28,29). The van der Waals surface area contributed by atoms with Crippen molar-refractivity contribution < 1.29 is 9.13 Å². The third kappa shape index (κ3) is 5.55. The number of nitrogens with two attached hydrogens (primary N) is 1. The number of guanidine groups is 1. The Morgan fingerprint density at radius 2 is 2.03 bits per heavy atom. The first-order chi connectivity index (χ1) is 15.5. The molecule has 0 aliphatic rings. The maximum absolute atomic E-state index is 13.2. The SMILES string of the molecule is CN=C(NCCCc1nn(-c2ccc(F)cc2)c(N)c1C#N)NCc1cccc(OC)c1. The summed E-state index contributed by atoms with van der Waals surface area (Å²) in [5.41, 5.74) is 8.73. The van der Waals surface area contributed by atoms with Crippen LogP contribution < -0.4 is 21.1 Å². The van der Waals surface area contributed by atoms with Crippen LogP contribution in [0.1, 0.15) is 23.2 Å². The van der Waals surface area contributed by atoms with E-state index in [1.165, 1.54) is 16.8 Å². The van der Waals surface area contributed by atoms with Gasteiger partial charge in [0.1, 0.15) is 29.0 Å². The molecule has 8 nitrogen and oxygen atoms in total. The quantitative estimate of drug-likeness (QED) is 0.285. The molecule has 0 spiro atoms. The van der Waals surface area contributed by atoms with Crippen LogP contribution in [0.4, 0.5) is 10.2 Å². The van der Waals surface area contributed by atoms with Crippen molar-refractivity contribution in [2.45, 2.75) is 19.4 Å². The lowest BCUT2D eigenvalue weighted by molar-refractivity contribution is 0.414. The van der Waals surface area contributed by atoms with Gasteiger partial charge in [0.05, 0.1) is 18.5 Å². The van der Waals surface area contributed by atoms with E-state index < -0.39 is 0 Å². The first-order valence-electron chi connectivity index (χ1n) is 10.2. The average Bonchev–Trinajstić information content (AvgIpc) is 3.14. The molecule has 0 unspecified atom stereocenters. The summed E-state index contributed by atoms with van der Waals surface area (Å²) in [6.45, 7) is 1.24. The summed E-state index contributed by atoms with van der Waals surface area (Å²) in [7, 11) is 3.35. The van der Waals surface area contributed by atoms with Gasteiger partial charge < -0.3 is 21.1 Å². The normalized spacial score (nSPS) is 11.1. The van der Waals surface area contributed by atoms with Crippen molar-refractivity contribution in [1.82, 2.24) is 20.4 Å². The minimum Gasteiger partial charge on any atom is -0.497 e. The fourth-order valence-corrected chi connectivity index (χ4v) is 3.21. The summed E-state index contributed by atoms with van der Waals surface area (Å²) >= 11 is 0. The van der Waals surface area contributed by atoms with Gasteiger partial charge in [0.2, 0.25) is 0 Å². The Kier molecular flexibility index (Phi) is 7.65. The largest absolute Gasteiger partial charge is 0.497 e. The highest BCUT2D eigenvalue weighted by Gasteiger charge is 2.16. The van der Waals surface area contributed by atoms with Crippen molar-refractivity contribution in [3.63, 3.8) is 0 Å². The Balaban J connectivity index is 1.54. The summed E-state index contributed by atoms with van der Waals surface area (Å²) in [6.07, 6.45) is 1.27. The van der Waals surface area contributed by atoms with E-state index in [2.05, 4.69) is 26.8 Å². The molecular weight excluding hydrogens is 409 g/mol. The molecule has 2 aromatic carbocycles. The number of aromatic nitrogens is 2. The van der Waals surface area contributed by atoms with Crippen LogP contribution >= 0.6 is 0 Å². The molecule has 1 heterocycles. The number of benzene rings is 2. The van der Waals surface area contributed by atoms with Crippen LogP contribution in [0.2, 0.25) is 0 Å². The molecule has 0 bridgehead atoms. The second kappa shape index (κ2) is 10.8. The molecule has 3 rings (SSSR count). The van der Waals surface area contributed by atoms with Gasteiger partial charge in [-0.1, -0.05) is 12.1 Å². The minimum absolute atomic E-state index is 0.248. The number of aryl methyl sites for hydroxylation is 1. The summed E-state index contributed by atoms with van der Waals surface area (Å²) in [4.78, 5) is 4.23. The Hall–Kier alpha value is -4.06. The first kappa shape index (κ1) is 22.6. The van der Waals surface area contributed by atoms with Crippen molar-refractivity contribution in [3.05, 3.63) is 71.2 Å². The molecule has 32 heavy (non-hydrogen) atoms. The Morgan fingerprint density at radius 1 is 1.25 bits per heavy atom. The van der Waals surface area contributed by atoms with Crippen LogP contribution in [-0.4, -0.2) is 36.4 Å². The van der Waals surface area contributed by atoms with E-state index in [4.69, 9.17) is 10.5 Å². The molecule has 0 aliphatic heterocycles. The molecule has 3 aromatic rings. The van der Waals surface area contributed by atoms with E-state index >= 15 is 0 Å². The Bertz CT molecular complexity index is 1120. The average molecular weight is 436 g/mol. The third-order valence-corrected chi connectivity index (χ3v) is 4.88. The number of halogens is 1. The van der Waals surface area contributed by atoms with Gasteiger partial charge in [-0.2, -0.15) is 10.4 Å². The number of hydrogen-bond donors (Lipinski definition) is 3. The summed E-state index contributed by atoms with van der Waals surface area (Å²) in [6, 6.07) is 15.7. The van der Waals surface area contributed by atoms with Crippen LogP contribution in [0.25, 0.3) is 5.69 Å². The van der Waals surface area contributed by atoms with Gasteiger partial charge in [-0.25, -0.2) is 9.07 Å². The summed E-state index contributed by atoms with van der Waals surface area (Å²) < 4.78 is 19.9. The number of nitriles is 1. The number of ether oxygens (including phenoxy) is 1. The number of nitrogens with one attached hydrogen (secondary N) is 2. The Morgan fingerprint density at radius 3 is 2.72 bits per heavy atom. The molecule has 4 N–H and O–H groups in total. The molecule has 0 aliphatic carbocycles. The van der Waals surface area contributed by atoms with Crippen molar-refractivity contribution >= 4 is 11.8 Å². The molecule has 0 amide bonds. The van der Waals surface area contributed by atoms with Crippen molar-refractivity contribution in [2.75, 3.05) is 26.4 Å². The molecule has 0 fully saturated rings. The molecule has 166 valence electrons. The van der Waals surface area contributed by atoms with E-state index in [0.717, 1.165) is 11.3 Å². The smallest absolute Gasteiger partial charge is 0.191 e. The van der Waals surface area contributed by atoms with E-state index in [-0.39, 0.29) is 11.6 Å². The zero-order valence-corrected chi connectivity index (χ0v) is 18.1. The molecule has 0 radical (unpaired) electrons. The minimum atomic E-state index is -0.348. The number of nitrogens with zero attached hydrogens (tertiary/aromatic N) is 4. The van der Waals surface area contributed by atoms with Gasteiger partial charge in [-0.15, -0.1) is 0 Å². The lowest BCUT2D eigenvalue weighted by Crippen LogP contribution is -2.37. The van der Waals surface area contributed by atoms with E-state index in [1.54, 1.807) is 26.3 Å². The van der Waals surface area contributed by atoms with E-state index in [0.29, 0.717) is 48.8 Å². The lowest BCUT2D eigenvalue weighted by atomic mass is 10.1. The zero-order valence-electron chi connectivity index (χ0n) is 18.1. The van der Waals surface area contributed by atoms with Gasteiger partial charge in [0.15, 0.2) is 5.96 Å². The fraction of sp³-hybridized carbons (Fsp3) is 0.261. The number of nitrogen functional groups attached to an aromatic ring is 1. The predicted octanol–water partition coefficient (Wildman–Crippen LogP) is 2.77. The molecular formula is C23H26FN7O. The van der Waals surface area contributed by atoms with Gasteiger partial charge in [0, 0.05) is 20.1 Å². The number of hydrogen-bond acceptors (Lipinski definition) is 5. The van der Waals surface area contributed by atoms with E-state index in [9.17, 15) is 9.65 Å². The maximum Gasteiger partial charge on any atom is 0.191 e. The first-order valence-corrected chi connectivity index (χ1v) is 10.2. The lowest BCUT2D eigenvalue weighted by Gasteiger charge is -2.12. The van der Waals surface area contributed by atoms with Crippen LogP contribution in [0.15, 0.2) is 53.5 Å². The monoisotopic (exact) mass is 435 g/mol. The van der Waals surface area contributed by atoms with Crippen LogP contribution in [0.5, 0.6) is 5.75 Å². The number of aliphatic imine (C=N–C) groups is 1. The fourth-order valence-electron chi connectivity index (χ4n) is 3.21. The topological polar surface area (TPSA) is 113 Å². The predicted molar refractivity (Wildman–Crippen MR) is 122 cm³/mol. The molecule has 0 saturated carbocycles. The van der Waals surface area contributed by atoms with Gasteiger partial charge >= 0.3 is 0 Å². The van der Waals surface area contributed by atoms with Gasteiger partial charge in [-0.3, -0.25) is 4.99 Å². The number of methoxy groups -OCH3 is 1. The maximum atomic E-state index is 13.2. The molecule has 0 atom stereocenters. The summed E-state index contributed by atoms with van der Waals surface area (Å²) in [5.74, 6) is 1.38. The van der Waals surface area contributed by atoms with Crippen LogP contribution in [0.3, 0.4) is 0 Å². The van der Waals surface area contributed by atoms with Crippen molar-refractivity contribution in [2.24, 2.45) is 4.99 Å². The number of anilines is 1. The second-order valence-corrected chi connectivity index (χ2v) is 7.01. The summed E-state index contributed by atoms with van der Waals surface area (Å²) in [5, 5.41) is 20.5. The Labute approximate surface area is 186 Å². The molecule has 9 heteroatoms. The highest BCUT2D eigenvalue weighted by molar-refractivity contribution is 5.79. The van der Waals surface area contributed by atoms with Gasteiger partial charge in [-0.05, 0) is 54.8 Å². The van der Waals surface area contributed by atoms with Crippen LogP contribution in [-0.2, 0) is 13.0 Å². The van der Waals surface area contributed by atoms with Crippen molar-refractivity contribution in [3.8, 4) is 17.5 Å². The van der Waals surface area contributed by atoms with Gasteiger partial charge in [0.25, 0.3) is 0 Å². The van der Waals surface area contributed by atoms with E-state index in [1.807, 2.05) is 24.3 Å². The zero-order chi connectivity index (χ0) is 22.9. The van der Waals surface area contributed by atoms with Crippen LogP contribution in [0, 0.1) is 17.1 Å². The molecule has 0 saturated heterocycles. The second-order valence-electron chi connectivity index (χ2n) is 7.01. The highest BCUT2D eigenvalue weighted by Crippen LogP contribution is 2.21. The molecule has 1 aromatic heterocycles. The highest BCUT2D eigenvalue weighted by atomic mass is 19.1. The van der Waals surface area contributed by atoms with Crippen molar-refractivity contribution in [1.29, 1.82) is 5.26 Å². The third-order valence-electron chi connectivity index (χ3n) is 4.88. The number of rotatable bonds is 8.